The lowest BCUT2D eigenvalue weighted by Crippen LogP contribution is -1.98. The molecule has 0 unspecified atom stereocenters. The van der Waals surface area contributed by atoms with Crippen LogP contribution in [0.5, 0.6) is 11.5 Å². The summed E-state index contributed by atoms with van der Waals surface area (Å²) >= 11 is 3.00. The summed E-state index contributed by atoms with van der Waals surface area (Å²) in [6, 6.07) is 17.4. The lowest BCUT2D eigenvalue weighted by molar-refractivity contribution is 0.481. The van der Waals surface area contributed by atoms with Gasteiger partial charge in [0, 0.05) is 28.7 Å². The second-order valence-electron chi connectivity index (χ2n) is 6.37. The van der Waals surface area contributed by atoms with Crippen LogP contribution in [-0.2, 0) is 0 Å². The Kier molecular flexibility index (Phi) is 7.92. The monoisotopic (exact) mass is 504 g/mol. The van der Waals surface area contributed by atoms with Gasteiger partial charge in [-0.25, -0.2) is 9.97 Å². The molecule has 0 fully saturated rings. The number of thiazole rings is 1. The van der Waals surface area contributed by atoms with Gasteiger partial charge in [-0.3, -0.25) is 4.40 Å². The van der Waals surface area contributed by atoms with Crippen molar-refractivity contribution in [1.82, 2.24) is 24.6 Å². The fraction of sp³-hybridized carbons (Fsp3) is 0.0476. The third-order valence-electron chi connectivity index (χ3n) is 4.13. The summed E-state index contributed by atoms with van der Waals surface area (Å²) in [5, 5.41) is 15.3. The van der Waals surface area contributed by atoms with Crippen LogP contribution >= 0.6 is 47.9 Å². The van der Waals surface area contributed by atoms with E-state index in [2.05, 4.69) is 25.5 Å². The highest BCUT2D eigenvalue weighted by atomic mass is 35.5. The van der Waals surface area contributed by atoms with Gasteiger partial charge in [-0.05, 0) is 43.0 Å². The Bertz CT molecular complexity index is 1310. The maximum absolute atomic E-state index is 6.13. The molecule has 11 heteroatoms. The lowest BCUT2D eigenvalue weighted by atomic mass is 10.3. The standard InChI is InChI=1S/C21H16N6OS2.2ClH/c1-14-13-29-20(23-14)24-19-17(28-15-7-3-2-4-8-15)11-16(12-22-19)30-21-26-25-18-9-5-6-10-27(18)21;;/h2-13H,1H3,(H,22,23,24);2*1H. The molecule has 0 saturated heterocycles. The van der Waals surface area contributed by atoms with Gasteiger partial charge in [-0.15, -0.1) is 46.3 Å². The molecule has 0 amide bonds. The number of aryl methyl sites for hydroxylation is 1. The first-order valence-corrected chi connectivity index (χ1v) is 10.8. The van der Waals surface area contributed by atoms with Crippen LogP contribution in [0.2, 0.25) is 0 Å². The highest BCUT2D eigenvalue weighted by molar-refractivity contribution is 7.99. The average Bonchev–Trinajstić information content (AvgIpc) is 3.37. The van der Waals surface area contributed by atoms with E-state index in [1.807, 2.05) is 77.5 Å². The first-order chi connectivity index (χ1) is 14.7. The predicted molar refractivity (Wildman–Crippen MR) is 132 cm³/mol. The molecular weight excluding hydrogens is 487 g/mol. The number of fused-ring (bicyclic) bond motifs is 1. The van der Waals surface area contributed by atoms with Crippen molar-refractivity contribution in [2.75, 3.05) is 5.32 Å². The predicted octanol–water partition coefficient (Wildman–Crippen LogP) is 6.42. The Hall–Kier alpha value is -2.85. The van der Waals surface area contributed by atoms with Gasteiger partial charge in [-0.2, -0.15) is 0 Å². The zero-order valence-corrected chi connectivity index (χ0v) is 20.0. The second-order valence-corrected chi connectivity index (χ2v) is 8.26. The maximum Gasteiger partial charge on any atom is 0.200 e. The summed E-state index contributed by atoms with van der Waals surface area (Å²) in [4.78, 5) is 9.94. The molecule has 7 nitrogen and oxygen atoms in total. The van der Waals surface area contributed by atoms with Gasteiger partial charge in [0.1, 0.15) is 5.75 Å². The molecule has 32 heavy (non-hydrogen) atoms. The van der Waals surface area contributed by atoms with Crippen molar-refractivity contribution >= 4 is 64.5 Å². The first-order valence-electron chi connectivity index (χ1n) is 9.14. The smallest absolute Gasteiger partial charge is 0.200 e. The number of pyridine rings is 2. The summed E-state index contributed by atoms with van der Waals surface area (Å²) in [6.45, 7) is 1.96. The molecule has 0 spiro atoms. The molecule has 0 aliphatic heterocycles. The van der Waals surface area contributed by atoms with Crippen molar-refractivity contribution in [2.45, 2.75) is 17.0 Å². The normalized spacial score (nSPS) is 10.3. The van der Waals surface area contributed by atoms with Crippen LogP contribution in [0.4, 0.5) is 10.9 Å². The maximum atomic E-state index is 6.13. The molecule has 0 radical (unpaired) electrons. The van der Waals surface area contributed by atoms with E-state index in [-0.39, 0.29) is 24.8 Å². The summed E-state index contributed by atoms with van der Waals surface area (Å²) in [7, 11) is 0. The minimum Gasteiger partial charge on any atom is -0.453 e. The zero-order valence-electron chi connectivity index (χ0n) is 16.7. The molecule has 164 valence electrons. The number of hydrogen-bond donors (Lipinski definition) is 1. The lowest BCUT2D eigenvalue weighted by Gasteiger charge is -2.12. The van der Waals surface area contributed by atoms with E-state index < -0.39 is 0 Å². The van der Waals surface area contributed by atoms with Gasteiger partial charge in [-0.1, -0.05) is 24.3 Å². The third-order valence-corrected chi connectivity index (χ3v) is 5.93. The number of hydrogen-bond acceptors (Lipinski definition) is 8. The average molecular weight is 505 g/mol. The number of ether oxygens (including phenoxy) is 1. The molecule has 1 N–H and O–H groups in total. The molecule has 5 aromatic rings. The third kappa shape index (κ3) is 5.31. The first kappa shape index (κ1) is 23.8. The highest BCUT2D eigenvalue weighted by Crippen LogP contribution is 2.36. The minimum atomic E-state index is 0. The van der Waals surface area contributed by atoms with Crippen LogP contribution < -0.4 is 10.1 Å². The van der Waals surface area contributed by atoms with Gasteiger partial charge in [0.05, 0.1) is 5.69 Å². The van der Waals surface area contributed by atoms with Crippen LogP contribution in [0.15, 0.2) is 82.4 Å². The molecule has 0 aliphatic carbocycles. The van der Waals surface area contributed by atoms with Gasteiger partial charge in [0.15, 0.2) is 27.5 Å². The van der Waals surface area contributed by atoms with Crippen molar-refractivity contribution in [1.29, 1.82) is 0 Å². The Morgan fingerprint density at radius 3 is 2.62 bits per heavy atom. The largest absolute Gasteiger partial charge is 0.453 e. The van der Waals surface area contributed by atoms with E-state index in [0.717, 1.165) is 32.3 Å². The molecule has 0 atom stereocenters. The minimum absolute atomic E-state index is 0. The van der Waals surface area contributed by atoms with Crippen LogP contribution in [-0.4, -0.2) is 24.6 Å². The number of nitrogens with one attached hydrogen (secondary N) is 1. The Morgan fingerprint density at radius 1 is 1.03 bits per heavy atom. The number of para-hydroxylation sites is 1. The molecule has 5 rings (SSSR count). The quantitative estimate of drug-likeness (QED) is 0.285. The number of nitrogens with zero attached hydrogens (tertiary/aromatic N) is 5. The Morgan fingerprint density at radius 2 is 1.84 bits per heavy atom. The van der Waals surface area contributed by atoms with Crippen molar-refractivity contribution in [2.24, 2.45) is 0 Å². The van der Waals surface area contributed by atoms with E-state index in [0.29, 0.717) is 11.6 Å². The summed E-state index contributed by atoms with van der Waals surface area (Å²) in [5.41, 5.74) is 1.75. The summed E-state index contributed by atoms with van der Waals surface area (Å²) in [5.74, 6) is 1.93. The van der Waals surface area contributed by atoms with Crippen molar-refractivity contribution < 1.29 is 4.74 Å². The van der Waals surface area contributed by atoms with Gasteiger partial charge >= 0.3 is 0 Å². The Labute approximate surface area is 205 Å². The van der Waals surface area contributed by atoms with Crippen molar-refractivity contribution in [3.63, 3.8) is 0 Å². The fourth-order valence-corrected chi connectivity index (χ4v) is 4.28. The topological polar surface area (TPSA) is 77.2 Å². The van der Waals surface area contributed by atoms with E-state index in [1.165, 1.54) is 23.1 Å². The van der Waals surface area contributed by atoms with Crippen LogP contribution in [0.3, 0.4) is 0 Å². The van der Waals surface area contributed by atoms with Crippen LogP contribution in [0.25, 0.3) is 5.65 Å². The zero-order chi connectivity index (χ0) is 20.3. The van der Waals surface area contributed by atoms with Gasteiger partial charge < -0.3 is 10.1 Å². The number of rotatable bonds is 6. The molecular formula is C21H18Cl2N6OS2. The van der Waals surface area contributed by atoms with Crippen LogP contribution in [0.1, 0.15) is 5.69 Å². The van der Waals surface area contributed by atoms with Crippen LogP contribution in [0, 0.1) is 6.92 Å². The fourth-order valence-electron chi connectivity index (χ4n) is 2.78. The van der Waals surface area contributed by atoms with Crippen molar-refractivity contribution in [3.05, 3.63) is 78.1 Å². The number of aromatic nitrogens is 5. The molecule has 0 saturated carbocycles. The Balaban J connectivity index is 0.00000144. The second kappa shape index (κ2) is 10.6. The van der Waals surface area contributed by atoms with Gasteiger partial charge in [0.2, 0.25) is 0 Å². The summed E-state index contributed by atoms with van der Waals surface area (Å²) < 4.78 is 8.07. The van der Waals surface area contributed by atoms with Crippen molar-refractivity contribution in [3.8, 4) is 11.5 Å². The molecule has 1 aromatic carbocycles. The van der Waals surface area contributed by atoms with E-state index in [9.17, 15) is 0 Å². The molecule has 4 heterocycles. The molecule has 4 aromatic heterocycles. The number of anilines is 2. The van der Waals surface area contributed by atoms with E-state index in [4.69, 9.17) is 4.74 Å². The van der Waals surface area contributed by atoms with E-state index in [1.54, 1.807) is 6.20 Å². The highest BCUT2D eigenvalue weighted by Gasteiger charge is 2.13. The summed E-state index contributed by atoms with van der Waals surface area (Å²) in [6.07, 6.45) is 3.72. The van der Waals surface area contributed by atoms with E-state index >= 15 is 0 Å². The molecule has 0 aliphatic rings. The number of benzene rings is 1. The molecule has 0 bridgehead atoms. The van der Waals surface area contributed by atoms with Gasteiger partial charge in [0.25, 0.3) is 0 Å². The SMILES string of the molecule is Cc1csc(Nc2ncc(Sc3nnc4ccccn34)cc2Oc2ccccc2)n1.Cl.Cl. The number of halogens is 2.